The smallest absolute Gasteiger partial charge is 0.127 e. The van der Waals surface area contributed by atoms with Crippen molar-refractivity contribution in [3.63, 3.8) is 0 Å². The third-order valence-electron chi connectivity index (χ3n) is 5.69. The maximum atomic E-state index is 4.91. The molecule has 4 nitrogen and oxygen atoms in total. The molecule has 0 saturated carbocycles. The zero-order valence-electron chi connectivity index (χ0n) is 17.5. The van der Waals surface area contributed by atoms with E-state index in [1.807, 2.05) is 12.4 Å². The molecule has 0 bridgehead atoms. The SMILES string of the molecule is CCc1ncc(CN2CCCC(c3cc(Cc4ccccc4)cc(C)n3)C2)cn1. The van der Waals surface area contributed by atoms with Crippen LogP contribution in [-0.4, -0.2) is 32.9 Å². The Morgan fingerprint density at radius 3 is 2.55 bits per heavy atom. The van der Waals surface area contributed by atoms with Crippen LogP contribution in [0.4, 0.5) is 0 Å². The summed E-state index contributed by atoms with van der Waals surface area (Å²) in [6, 6.07) is 15.2. The molecule has 29 heavy (non-hydrogen) atoms. The minimum Gasteiger partial charge on any atom is -0.298 e. The predicted molar refractivity (Wildman–Crippen MR) is 117 cm³/mol. The van der Waals surface area contributed by atoms with Gasteiger partial charge in [-0.1, -0.05) is 37.3 Å². The van der Waals surface area contributed by atoms with E-state index in [1.165, 1.54) is 35.2 Å². The van der Waals surface area contributed by atoms with Crippen LogP contribution in [0.5, 0.6) is 0 Å². The molecular weight excluding hydrogens is 356 g/mol. The Balaban J connectivity index is 1.45. The Labute approximate surface area is 174 Å². The summed E-state index contributed by atoms with van der Waals surface area (Å²) in [6.07, 6.45) is 8.24. The summed E-state index contributed by atoms with van der Waals surface area (Å²) in [6.45, 7) is 7.31. The van der Waals surface area contributed by atoms with Crippen molar-refractivity contribution in [1.82, 2.24) is 19.9 Å². The maximum absolute atomic E-state index is 4.91. The van der Waals surface area contributed by atoms with Gasteiger partial charge in [0.05, 0.1) is 0 Å². The fourth-order valence-electron chi connectivity index (χ4n) is 4.26. The molecule has 1 unspecified atom stereocenters. The number of piperidine rings is 1. The second kappa shape index (κ2) is 9.27. The Hall–Kier alpha value is -2.59. The number of rotatable bonds is 6. The number of aromatic nitrogens is 3. The Morgan fingerprint density at radius 1 is 1.00 bits per heavy atom. The fourth-order valence-corrected chi connectivity index (χ4v) is 4.26. The van der Waals surface area contributed by atoms with Crippen molar-refractivity contribution in [2.45, 2.75) is 52.0 Å². The highest BCUT2D eigenvalue weighted by molar-refractivity contribution is 5.30. The number of pyridine rings is 1. The minimum atomic E-state index is 0.494. The lowest BCUT2D eigenvalue weighted by molar-refractivity contribution is 0.198. The van der Waals surface area contributed by atoms with Gasteiger partial charge in [0, 0.05) is 54.8 Å². The summed E-state index contributed by atoms with van der Waals surface area (Å²) in [4.78, 5) is 16.3. The Kier molecular flexibility index (Phi) is 6.30. The number of nitrogens with zero attached hydrogens (tertiary/aromatic N) is 4. The van der Waals surface area contributed by atoms with Gasteiger partial charge in [0.2, 0.25) is 0 Å². The van der Waals surface area contributed by atoms with E-state index in [9.17, 15) is 0 Å². The van der Waals surface area contributed by atoms with E-state index in [1.54, 1.807) is 0 Å². The van der Waals surface area contributed by atoms with Crippen molar-refractivity contribution >= 4 is 0 Å². The highest BCUT2D eigenvalue weighted by atomic mass is 15.1. The zero-order chi connectivity index (χ0) is 20.1. The molecule has 1 aliphatic heterocycles. The molecule has 1 aliphatic rings. The first-order valence-electron chi connectivity index (χ1n) is 10.7. The van der Waals surface area contributed by atoms with Gasteiger partial charge in [-0.25, -0.2) is 9.97 Å². The number of hydrogen-bond donors (Lipinski definition) is 0. The summed E-state index contributed by atoms with van der Waals surface area (Å²) in [5.41, 5.74) is 6.28. The van der Waals surface area contributed by atoms with Crippen LogP contribution in [0.25, 0.3) is 0 Å². The molecule has 1 atom stereocenters. The molecule has 0 N–H and O–H groups in total. The third-order valence-corrected chi connectivity index (χ3v) is 5.69. The van der Waals surface area contributed by atoms with Gasteiger partial charge in [-0.15, -0.1) is 0 Å². The molecule has 1 aromatic carbocycles. The molecule has 3 heterocycles. The molecule has 0 amide bonds. The molecular formula is C25H30N4. The van der Waals surface area contributed by atoms with Crippen LogP contribution in [-0.2, 0) is 19.4 Å². The molecule has 1 fully saturated rings. The summed E-state index contributed by atoms with van der Waals surface area (Å²) < 4.78 is 0. The predicted octanol–water partition coefficient (Wildman–Crippen LogP) is 4.71. The van der Waals surface area contributed by atoms with Gasteiger partial charge < -0.3 is 0 Å². The average molecular weight is 387 g/mol. The van der Waals surface area contributed by atoms with Crippen LogP contribution in [0, 0.1) is 6.92 Å². The van der Waals surface area contributed by atoms with Crippen LogP contribution >= 0.6 is 0 Å². The molecule has 4 heteroatoms. The zero-order valence-corrected chi connectivity index (χ0v) is 17.5. The molecule has 1 saturated heterocycles. The van der Waals surface area contributed by atoms with Gasteiger partial charge in [-0.2, -0.15) is 0 Å². The van der Waals surface area contributed by atoms with E-state index < -0.39 is 0 Å². The number of benzene rings is 1. The molecule has 0 spiro atoms. The molecule has 0 aliphatic carbocycles. The Morgan fingerprint density at radius 2 is 1.79 bits per heavy atom. The van der Waals surface area contributed by atoms with Crippen molar-refractivity contribution in [3.8, 4) is 0 Å². The lowest BCUT2D eigenvalue weighted by atomic mass is 9.92. The largest absolute Gasteiger partial charge is 0.298 e. The number of likely N-dealkylation sites (tertiary alicyclic amines) is 1. The van der Waals surface area contributed by atoms with Gasteiger partial charge in [0.15, 0.2) is 0 Å². The maximum Gasteiger partial charge on any atom is 0.127 e. The molecule has 3 aromatic rings. The summed E-state index contributed by atoms with van der Waals surface area (Å²) >= 11 is 0. The van der Waals surface area contributed by atoms with Crippen LogP contribution in [0.1, 0.15) is 59.6 Å². The Bertz CT molecular complexity index is 921. The monoisotopic (exact) mass is 386 g/mol. The highest BCUT2D eigenvalue weighted by Crippen LogP contribution is 2.28. The first-order chi connectivity index (χ1) is 14.2. The van der Waals surface area contributed by atoms with Crippen molar-refractivity contribution in [1.29, 1.82) is 0 Å². The second-order valence-corrected chi connectivity index (χ2v) is 8.14. The van der Waals surface area contributed by atoms with Crippen molar-refractivity contribution in [3.05, 3.63) is 88.8 Å². The standard InChI is InChI=1S/C25H30N4/c1-3-25-26-15-22(16-27-25)17-29-11-7-10-23(18-29)24-14-21(12-19(2)28-24)13-20-8-5-4-6-9-20/h4-6,8-9,12,14-16,23H,3,7,10-11,13,17-18H2,1-2H3. The van der Waals surface area contributed by atoms with Gasteiger partial charge in [-0.05, 0) is 56.0 Å². The van der Waals surface area contributed by atoms with E-state index in [4.69, 9.17) is 4.98 Å². The lowest BCUT2D eigenvalue weighted by Gasteiger charge is -2.32. The van der Waals surface area contributed by atoms with E-state index in [-0.39, 0.29) is 0 Å². The highest BCUT2D eigenvalue weighted by Gasteiger charge is 2.23. The number of hydrogen-bond acceptors (Lipinski definition) is 4. The van der Waals surface area contributed by atoms with Crippen LogP contribution in [0.3, 0.4) is 0 Å². The van der Waals surface area contributed by atoms with E-state index in [0.717, 1.165) is 44.0 Å². The third kappa shape index (κ3) is 5.27. The van der Waals surface area contributed by atoms with Crippen molar-refractivity contribution < 1.29 is 0 Å². The van der Waals surface area contributed by atoms with Crippen LogP contribution < -0.4 is 0 Å². The average Bonchev–Trinajstić information content (AvgIpc) is 2.75. The van der Waals surface area contributed by atoms with Crippen LogP contribution in [0.2, 0.25) is 0 Å². The van der Waals surface area contributed by atoms with E-state index in [2.05, 4.69) is 71.2 Å². The van der Waals surface area contributed by atoms with E-state index in [0.29, 0.717) is 5.92 Å². The van der Waals surface area contributed by atoms with E-state index >= 15 is 0 Å². The summed E-state index contributed by atoms with van der Waals surface area (Å²) in [5.74, 6) is 1.41. The van der Waals surface area contributed by atoms with Crippen molar-refractivity contribution in [2.75, 3.05) is 13.1 Å². The van der Waals surface area contributed by atoms with Gasteiger partial charge in [-0.3, -0.25) is 9.88 Å². The normalized spacial score (nSPS) is 17.4. The van der Waals surface area contributed by atoms with Crippen LogP contribution in [0.15, 0.2) is 54.9 Å². The second-order valence-electron chi connectivity index (χ2n) is 8.14. The summed E-state index contributed by atoms with van der Waals surface area (Å²) in [7, 11) is 0. The van der Waals surface area contributed by atoms with Gasteiger partial charge >= 0.3 is 0 Å². The molecule has 150 valence electrons. The lowest BCUT2D eigenvalue weighted by Crippen LogP contribution is -2.34. The molecule has 2 aromatic heterocycles. The number of aryl methyl sites for hydroxylation is 2. The van der Waals surface area contributed by atoms with Crippen molar-refractivity contribution in [2.24, 2.45) is 0 Å². The minimum absolute atomic E-state index is 0.494. The molecule has 4 rings (SSSR count). The van der Waals surface area contributed by atoms with Gasteiger partial charge in [0.1, 0.15) is 5.82 Å². The summed E-state index contributed by atoms with van der Waals surface area (Å²) in [5, 5.41) is 0. The topological polar surface area (TPSA) is 41.9 Å². The van der Waals surface area contributed by atoms with Gasteiger partial charge in [0.25, 0.3) is 0 Å². The quantitative estimate of drug-likeness (QED) is 0.615. The fraction of sp³-hybridized carbons (Fsp3) is 0.400. The first-order valence-corrected chi connectivity index (χ1v) is 10.7. The first kappa shape index (κ1) is 19.7. The molecule has 0 radical (unpaired) electrons.